The highest BCUT2D eigenvalue weighted by molar-refractivity contribution is 6.75. The van der Waals surface area contributed by atoms with E-state index in [4.69, 9.17) is 18.0 Å². The predicted molar refractivity (Wildman–Crippen MR) is 64.0 cm³/mol. The lowest BCUT2D eigenvalue weighted by molar-refractivity contribution is 0.140. The summed E-state index contributed by atoms with van der Waals surface area (Å²) in [5.74, 6) is 0.831. The first-order valence-electron chi connectivity index (χ1n) is 5.11. The molecule has 0 N–H and O–H groups in total. The highest BCUT2D eigenvalue weighted by Gasteiger charge is 2.40. The Balaban J connectivity index is 2.94. The van der Waals surface area contributed by atoms with Gasteiger partial charge in [0.15, 0.2) is 0 Å². The molecule has 16 heavy (non-hydrogen) atoms. The van der Waals surface area contributed by atoms with Crippen LogP contribution in [0, 0.1) is 0 Å². The highest BCUT2D eigenvalue weighted by Crippen LogP contribution is 2.12. The molecule has 0 amide bonds. The smallest absolute Gasteiger partial charge is 0.494 e. The normalized spacial score (nSPS) is 11.5. The molecule has 0 aliphatic heterocycles. The molecule has 0 fully saturated rings. The van der Waals surface area contributed by atoms with Crippen molar-refractivity contribution in [1.29, 1.82) is 0 Å². The quantitative estimate of drug-likeness (QED) is 0.702. The van der Waals surface area contributed by atoms with Gasteiger partial charge in [-0.25, -0.2) is 0 Å². The fourth-order valence-corrected chi connectivity index (χ4v) is 3.31. The Labute approximate surface area is 97.5 Å². The molecule has 0 bridgehead atoms. The highest BCUT2D eigenvalue weighted by atomic mass is 28.4. The summed E-state index contributed by atoms with van der Waals surface area (Å²) in [6.07, 6.45) is 0. The third-order valence-electron chi connectivity index (χ3n) is 2.33. The van der Waals surface area contributed by atoms with E-state index < -0.39 is 8.80 Å². The van der Waals surface area contributed by atoms with Crippen LogP contribution >= 0.6 is 0 Å². The van der Waals surface area contributed by atoms with Gasteiger partial charge in [-0.1, -0.05) is 12.1 Å². The van der Waals surface area contributed by atoms with E-state index in [1.165, 1.54) is 0 Å². The molecule has 1 rings (SSSR count). The second-order valence-corrected chi connectivity index (χ2v) is 6.04. The average Bonchev–Trinajstić information content (AvgIpc) is 2.34. The van der Waals surface area contributed by atoms with E-state index in [-0.39, 0.29) is 0 Å². The van der Waals surface area contributed by atoms with E-state index in [2.05, 4.69) is 0 Å². The molecule has 4 nitrogen and oxygen atoms in total. The Bertz CT molecular complexity index is 300. The van der Waals surface area contributed by atoms with Crippen molar-refractivity contribution in [2.45, 2.75) is 6.92 Å². The lowest BCUT2D eigenvalue weighted by Crippen LogP contribution is -2.54. The SMILES string of the molecule is CCOc1ccc([Si](OC)(OC)OC)cc1. The molecule has 0 saturated heterocycles. The first-order chi connectivity index (χ1) is 7.72. The van der Waals surface area contributed by atoms with Crippen molar-refractivity contribution in [1.82, 2.24) is 0 Å². The van der Waals surface area contributed by atoms with E-state index in [9.17, 15) is 0 Å². The Morgan fingerprint density at radius 2 is 1.44 bits per heavy atom. The van der Waals surface area contributed by atoms with Gasteiger partial charge >= 0.3 is 8.80 Å². The van der Waals surface area contributed by atoms with Crippen molar-refractivity contribution in [3.8, 4) is 5.75 Å². The molecule has 0 aliphatic rings. The average molecular weight is 242 g/mol. The summed E-state index contributed by atoms with van der Waals surface area (Å²) in [5, 5.41) is 0.920. The second kappa shape index (κ2) is 6.00. The Hall–Kier alpha value is -0.883. The van der Waals surface area contributed by atoms with Gasteiger partial charge in [0.1, 0.15) is 5.75 Å². The molecule has 0 unspecified atom stereocenters. The maximum Gasteiger partial charge on any atom is 0.536 e. The van der Waals surface area contributed by atoms with Gasteiger partial charge in [0.25, 0.3) is 0 Å². The predicted octanol–water partition coefficient (Wildman–Crippen LogP) is 1.17. The monoisotopic (exact) mass is 242 g/mol. The zero-order valence-electron chi connectivity index (χ0n) is 10.1. The zero-order valence-corrected chi connectivity index (χ0v) is 11.1. The number of hydrogen-bond acceptors (Lipinski definition) is 4. The van der Waals surface area contributed by atoms with Crippen molar-refractivity contribution < 1.29 is 18.0 Å². The van der Waals surface area contributed by atoms with Crippen LogP contribution < -0.4 is 9.92 Å². The van der Waals surface area contributed by atoms with Crippen LogP contribution in [-0.4, -0.2) is 36.7 Å². The third-order valence-corrected chi connectivity index (χ3v) is 4.98. The van der Waals surface area contributed by atoms with Crippen LogP contribution in [0.5, 0.6) is 5.75 Å². The van der Waals surface area contributed by atoms with Gasteiger partial charge in [-0.2, -0.15) is 0 Å². The van der Waals surface area contributed by atoms with Gasteiger partial charge in [-0.15, -0.1) is 0 Å². The van der Waals surface area contributed by atoms with E-state index >= 15 is 0 Å². The van der Waals surface area contributed by atoms with Gasteiger partial charge in [-0.3, -0.25) is 0 Å². The standard InChI is InChI=1S/C11H18O4Si/c1-5-15-10-6-8-11(9-7-10)16(12-2,13-3)14-4/h6-9H,5H2,1-4H3. The molecular formula is C11H18O4Si. The van der Waals surface area contributed by atoms with E-state index in [0.717, 1.165) is 10.9 Å². The summed E-state index contributed by atoms with van der Waals surface area (Å²) in [7, 11) is 2.08. The molecule has 1 aromatic carbocycles. The van der Waals surface area contributed by atoms with E-state index in [0.29, 0.717) is 6.61 Å². The summed E-state index contributed by atoms with van der Waals surface area (Å²) >= 11 is 0. The van der Waals surface area contributed by atoms with E-state index in [1.54, 1.807) is 21.3 Å². The van der Waals surface area contributed by atoms with Gasteiger partial charge < -0.3 is 18.0 Å². The number of benzene rings is 1. The molecule has 0 saturated carbocycles. The molecule has 90 valence electrons. The molecule has 1 aromatic rings. The molecule has 0 aliphatic carbocycles. The van der Waals surface area contributed by atoms with Crippen LogP contribution in [-0.2, 0) is 13.3 Å². The van der Waals surface area contributed by atoms with Crippen molar-refractivity contribution in [2.24, 2.45) is 0 Å². The maximum absolute atomic E-state index is 5.38. The van der Waals surface area contributed by atoms with Crippen LogP contribution in [0.25, 0.3) is 0 Å². The Kier molecular flexibility index (Phi) is 4.95. The van der Waals surface area contributed by atoms with Crippen molar-refractivity contribution in [3.63, 3.8) is 0 Å². The fraction of sp³-hybridized carbons (Fsp3) is 0.455. The summed E-state index contributed by atoms with van der Waals surface area (Å²) in [4.78, 5) is 0. The minimum Gasteiger partial charge on any atom is -0.494 e. The van der Waals surface area contributed by atoms with Gasteiger partial charge in [0, 0.05) is 26.5 Å². The third kappa shape index (κ3) is 2.62. The summed E-state index contributed by atoms with van der Waals surface area (Å²) in [6, 6.07) is 7.59. The molecule has 0 radical (unpaired) electrons. The molecule has 0 atom stereocenters. The number of rotatable bonds is 6. The lowest BCUT2D eigenvalue weighted by atomic mass is 10.3. The number of ether oxygens (including phenoxy) is 1. The van der Waals surface area contributed by atoms with Crippen molar-refractivity contribution in [2.75, 3.05) is 27.9 Å². The van der Waals surface area contributed by atoms with Crippen LogP contribution in [0.15, 0.2) is 24.3 Å². The summed E-state index contributed by atoms with van der Waals surface area (Å²) in [5.41, 5.74) is 0. The van der Waals surface area contributed by atoms with Gasteiger partial charge in [-0.05, 0) is 19.1 Å². The Morgan fingerprint density at radius 1 is 0.938 bits per heavy atom. The summed E-state index contributed by atoms with van der Waals surface area (Å²) in [6.45, 7) is 2.60. The van der Waals surface area contributed by atoms with Gasteiger partial charge in [0.05, 0.1) is 6.61 Å². The zero-order chi connectivity index (χ0) is 12.0. The second-order valence-electron chi connectivity index (χ2n) is 3.13. The van der Waals surface area contributed by atoms with Crippen LogP contribution in [0.1, 0.15) is 6.92 Å². The summed E-state index contributed by atoms with van der Waals surface area (Å²) < 4.78 is 21.5. The Morgan fingerprint density at radius 3 is 1.81 bits per heavy atom. The van der Waals surface area contributed by atoms with Crippen molar-refractivity contribution >= 4 is 14.0 Å². The van der Waals surface area contributed by atoms with Crippen LogP contribution in [0.2, 0.25) is 0 Å². The topological polar surface area (TPSA) is 36.9 Å². The van der Waals surface area contributed by atoms with E-state index in [1.807, 2.05) is 31.2 Å². The first-order valence-corrected chi connectivity index (χ1v) is 6.83. The molecule has 0 spiro atoms. The molecular weight excluding hydrogens is 224 g/mol. The van der Waals surface area contributed by atoms with Crippen LogP contribution in [0.3, 0.4) is 0 Å². The minimum absolute atomic E-state index is 0.654. The lowest BCUT2D eigenvalue weighted by Gasteiger charge is -2.24. The fourth-order valence-electron chi connectivity index (χ4n) is 1.53. The first kappa shape index (κ1) is 13.2. The number of hydrogen-bond donors (Lipinski definition) is 0. The minimum atomic E-state index is -2.69. The van der Waals surface area contributed by atoms with Crippen LogP contribution in [0.4, 0.5) is 0 Å². The maximum atomic E-state index is 5.38. The molecule has 0 aromatic heterocycles. The van der Waals surface area contributed by atoms with Gasteiger partial charge in [0.2, 0.25) is 0 Å². The largest absolute Gasteiger partial charge is 0.536 e. The molecule has 5 heteroatoms. The molecule has 0 heterocycles. The van der Waals surface area contributed by atoms with Crippen molar-refractivity contribution in [3.05, 3.63) is 24.3 Å².